The van der Waals surface area contributed by atoms with Gasteiger partial charge in [-0.05, 0) is 25.0 Å². The van der Waals surface area contributed by atoms with E-state index < -0.39 is 6.10 Å². The lowest BCUT2D eigenvalue weighted by molar-refractivity contribution is -0.120. The summed E-state index contributed by atoms with van der Waals surface area (Å²) in [5.74, 6) is 0.156. The van der Waals surface area contributed by atoms with Crippen LogP contribution in [0.15, 0.2) is 33.9 Å². The third-order valence-electron chi connectivity index (χ3n) is 3.68. The van der Waals surface area contributed by atoms with E-state index in [1.54, 1.807) is 0 Å². The first-order chi connectivity index (χ1) is 10.2. The van der Waals surface area contributed by atoms with Gasteiger partial charge in [0, 0.05) is 0 Å². The van der Waals surface area contributed by atoms with Crippen molar-refractivity contribution in [3.8, 4) is 0 Å². The minimum absolute atomic E-state index is 0.0896. The Balaban J connectivity index is 1.53. The molecule has 21 heavy (non-hydrogen) atoms. The van der Waals surface area contributed by atoms with E-state index in [2.05, 4.69) is 10.3 Å². The maximum absolute atomic E-state index is 11.9. The smallest absolute Gasteiger partial charge is 0.257 e. The Morgan fingerprint density at radius 3 is 3.00 bits per heavy atom. The van der Waals surface area contributed by atoms with Crippen molar-refractivity contribution in [2.75, 3.05) is 5.75 Å². The van der Waals surface area contributed by atoms with Gasteiger partial charge < -0.3 is 14.8 Å². The molecule has 0 unspecified atom stereocenters. The zero-order valence-corrected chi connectivity index (χ0v) is 12.4. The fourth-order valence-electron chi connectivity index (χ4n) is 2.57. The number of nitrogens with zero attached hydrogens (tertiary/aromatic N) is 1. The Morgan fingerprint density at radius 1 is 1.38 bits per heavy atom. The molecule has 1 aliphatic carbocycles. The molecule has 1 heterocycles. The molecule has 112 valence electrons. The molecule has 1 aromatic heterocycles. The van der Waals surface area contributed by atoms with Gasteiger partial charge >= 0.3 is 0 Å². The Morgan fingerprint density at radius 2 is 2.19 bits per heavy atom. The molecule has 2 aromatic rings. The molecule has 6 heteroatoms. The first kappa shape index (κ1) is 14.4. The van der Waals surface area contributed by atoms with Crippen molar-refractivity contribution >= 4 is 28.8 Å². The molecule has 1 fully saturated rings. The van der Waals surface area contributed by atoms with Crippen molar-refractivity contribution in [1.82, 2.24) is 10.3 Å². The van der Waals surface area contributed by atoms with Crippen LogP contribution in [0.5, 0.6) is 0 Å². The second-order valence-electron chi connectivity index (χ2n) is 5.26. The number of rotatable bonds is 4. The fourth-order valence-corrected chi connectivity index (χ4v) is 3.22. The number of thioether (sulfide) groups is 1. The normalized spacial score (nSPS) is 22.3. The summed E-state index contributed by atoms with van der Waals surface area (Å²) in [6.45, 7) is 0. The van der Waals surface area contributed by atoms with Gasteiger partial charge in [0.15, 0.2) is 5.58 Å². The predicted octanol–water partition coefficient (Wildman–Crippen LogP) is 2.34. The van der Waals surface area contributed by atoms with Gasteiger partial charge in [-0.15, -0.1) is 0 Å². The van der Waals surface area contributed by atoms with Crippen LogP contribution < -0.4 is 5.32 Å². The first-order valence-electron chi connectivity index (χ1n) is 7.18. The number of fused-ring (bicyclic) bond motifs is 1. The third kappa shape index (κ3) is 3.57. The number of aliphatic hydroxyl groups is 1. The largest absolute Gasteiger partial charge is 0.431 e. The number of aliphatic hydroxyl groups excluding tert-OH is 1. The van der Waals surface area contributed by atoms with E-state index in [4.69, 9.17) is 4.42 Å². The van der Waals surface area contributed by atoms with Crippen molar-refractivity contribution in [3.05, 3.63) is 24.3 Å². The zero-order chi connectivity index (χ0) is 14.7. The second-order valence-corrected chi connectivity index (χ2v) is 6.19. The van der Waals surface area contributed by atoms with Crippen LogP contribution in [-0.2, 0) is 4.79 Å². The van der Waals surface area contributed by atoms with Gasteiger partial charge in [-0.1, -0.05) is 36.7 Å². The van der Waals surface area contributed by atoms with E-state index in [1.807, 2.05) is 24.3 Å². The Kier molecular flexibility index (Phi) is 4.45. The summed E-state index contributed by atoms with van der Waals surface area (Å²) in [7, 11) is 0. The number of amides is 1. The van der Waals surface area contributed by atoms with Crippen molar-refractivity contribution in [1.29, 1.82) is 0 Å². The molecule has 1 aliphatic rings. The van der Waals surface area contributed by atoms with Crippen LogP contribution >= 0.6 is 11.8 Å². The van der Waals surface area contributed by atoms with Crippen LogP contribution in [0, 0.1) is 0 Å². The summed E-state index contributed by atoms with van der Waals surface area (Å²) in [6.07, 6.45) is 3.28. The predicted molar refractivity (Wildman–Crippen MR) is 81.1 cm³/mol. The van der Waals surface area contributed by atoms with E-state index in [9.17, 15) is 9.90 Å². The molecule has 0 aliphatic heterocycles. The standard InChI is InChI=1S/C15H18N2O3S/c18-12-7-3-1-5-10(12)16-14(19)9-21-15-17-11-6-2-4-8-13(11)20-15/h2,4,6,8,10,12,18H,1,3,5,7,9H2,(H,16,19)/t10-,12-/m0/s1. The van der Waals surface area contributed by atoms with Crippen LogP contribution in [0.25, 0.3) is 11.1 Å². The maximum Gasteiger partial charge on any atom is 0.257 e. The van der Waals surface area contributed by atoms with E-state index in [0.717, 1.165) is 36.8 Å². The monoisotopic (exact) mass is 306 g/mol. The van der Waals surface area contributed by atoms with E-state index in [0.29, 0.717) is 5.22 Å². The van der Waals surface area contributed by atoms with Crippen LogP contribution in [0.4, 0.5) is 0 Å². The number of para-hydroxylation sites is 2. The van der Waals surface area contributed by atoms with Crippen LogP contribution in [0.2, 0.25) is 0 Å². The molecule has 2 atom stereocenters. The van der Waals surface area contributed by atoms with Crippen molar-refractivity contribution in [2.24, 2.45) is 0 Å². The number of hydrogen-bond donors (Lipinski definition) is 2. The summed E-state index contributed by atoms with van der Waals surface area (Å²) in [6, 6.07) is 7.40. The van der Waals surface area contributed by atoms with Gasteiger partial charge in [-0.2, -0.15) is 0 Å². The number of benzene rings is 1. The summed E-state index contributed by atoms with van der Waals surface area (Å²) >= 11 is 1.27. The molecule has 2 N–H and O–H groups in total. The Labute approximate surface area is 127 Å². The molecule has 0 radical (unpaired) electrons. The SMILES string of the molecule is O=C(CSc1nc2ccccc2o1)N[C@H]1CCCC[C@@H]1O. The number of carbonyl (C=O) groups is 1. The molecule has 3 rings (SSSR count). The lowest BCUT2D eigenvalue weighted by Gasteiger charge is -2.28. The summed E-state index contributed by atoms with van der Waals surface area (Å²) < 4.78 is 5.55. The average molecular weight is 306 g/mol. The van der Waals surface area contributed by atoms with Crippen molar-refractivity contribution in [3.63, 3.8) is 0 Å². The molecule has 0 spiro atoms. The molecule has 1 amide bonds. The number of oxazole rings is 1. The molecular formula is C15H18N2O3S. The van der Waals surface area contributed by atoms with Gasteiger partial charge in [0.1, 0.15) is 5.52 Å². The molecular weight excluding hydrogens is 288 g/mol. The minimum atomic E-state index is -0.419. The molecule has 5 nitrogen and oxygen atoms in total. The summed E-state index contributed by atoms with van der Waals surface area (Å²) in [5, 5.41) is 13.2. The first-order valence-corrected chi connectivity index (χ1v) is 8.17. The summed E-state index contributed by atoms with van der Waals surface area (Å²) in [4.78, 5) is 16.2. The topological polar surface area (TPSA) is 75.4 Å². The van der Waals surface area contributed by atoms with Crippen molar-refractivity contribution < 1.29 is 14.3 Å². The van der Waals surface area contributed by atoms with Crippen LogP contribution in [0.1, 0.15) is 25.7 Å². The van der Waals surface area contributed by atoms with Gasteiger partial charge in [0.25, 0.3) is 5.22 Å². The Hall–Kier alpha value is -1.53. The highest BCUT2D eigenvalue weighted by atomic mass is 32.2. The maximum atomic E-state index is 11.9. The van der Waals surface area contributed by atoms with Crippen LogP contribution in [-0.4, -0.2) is 33.9 Å². The lowest BCUT2D eigenvalue weighted by atomic mass is 9.93. The average Bonchev–Trinajstić information content (AvgIpc) is 2.90. The third-order valence-corrected chi connectivity index (χ3v) is 4.50. The van der Waals surface area contributed by atoms with Gasteiger partial charge in [-0.25, -0.2) is 4.98 Å². The number of aromatic nitrogens is 1. The second kappa shape index (κ2) is 6.49. The highest BCUT2D eigenvalue weighted by molar-refractivity contribution is 7.99. The van der Waals surface area contributed by atoms with Crippen LogP contribution in [0.3, 0.4) is 0 Å². The number of carbonyl (C=O) groups excluding carboxylic acids is 1. The molecule has 0 bridgehead atoms. The van der Waals surface area contributed by atoms with Gasteiger partial charge in [0.2, 0.25) is 5.91 Å². The zero-order valence-electron chi connectivity index (χ0n) is 11.6. The molecule has 0 saturated heterocycles. The van der Waals surface area contributed by atoms with E-state index in [-0.39, 0.29) is 17.7 Å². The summed E-state index contributed by atoms with van der Waals surface area (Å²) in [5.41, 5.74) is 1.52. The van der Waals surface area contributed by atoms with E-state index in [1.165, 1.54) is 11.8 Å². The van der Waals surface area contributed by atoms with Gasteiger partial charge in [0.05, 0.1) is 17.9 Å². The van der Waals surface area contributed by atoms with E-state index >= 15 is 0 Å². The molecule has 1 aromatic carbocycles. The minimum Gasteiger partial charge on any atom is -0.431 e. The quantitative estimate of drug-likeness (QED) is 0.848. The number of hydrogen-bond acceptors (Lipinski definition) is 5. The van der Waals surface area contributed by atoms with Crippen molar-refractivity contribution in [2.45, 2.75) is 43.1 Å². The van der Waals surface area contributed by atoms with Gasteiger partial charge in [-0.3, -0.25) is 4.79 Å². The Bertz CT molecular complexity index is 595. The fraction of sp³-hybridized carbons (Fsp3) is 0.467. The lowest BCUT2D eigenvalue weighted by Crippen LogP contribution is -2.45. The molecule has 1 saturated carbocycles. The highest BCUT2D eigenvalue weighted by Crippen LogP contribution is 2.23. The highest BCUT2D eigenvalue weighted by Gasteiger charge is 2.24. The number of nitrogens with one attached hydrogen (secondary N) is 1.